The van der Waals surface area contributed by atoms with E-state index in [0.29, 0.717) is 13.2 Å². The molecule has 2 aromatic carbocycles. The average molecular weight is 414 g/mol. The maximum Gasteiger partial charge on any atom is 0.524 e. The minimum Gasteiger partial charge on any atom is -0.492 e. The Morgan fingerprint density at radius 3 is 1.40 bits per heavy atom. The van der Waals surface area contributed by atoms with Crippen LogP contribution in [0.3, 0.4) is 0 Å². The number of hydrogen-bond acceptors (Lipinski definition) is 7. The first-order chi connectivity index (χ1) is 14.3. The van der Waals surface area contributed by atoms with Crippen LogP contribution in [0.2, 0.25) is 0 Å². The average Bonchev–Trinajstić information content (AvgIpc) is 2.70. The highest BCUT2D eigenvalue weighted by Crippen LogP contribution is 2.22. The third-order valence-corrected chi connectivity index (χ3v) is 3.71. The van der Waals surface area contributed by atoms with Gasteiger partial charge in [0, 0.05) is 0 Å². The van der Waals surface area contributed by atoms with E-state index in [0.717, 1.165) is 0 Å². The Morgan fingerprint density at radius 2 is 1.03 bits per heavy atom. The van der Waals surface area contributed by atoms with Gasteiger partial charge in [-0.05, 0) is 36.1 Å². The molecule has 0 amide bonds. The smallest absolute Gasteiger partial charge is 0.492 e. The highest BCUT2D eigenvalue weighted by molar-refractivity contribution is 6.02. The Hall–Kier alpha value is -3.35. The topological polar surface area (TPSA) is 88.1 Å². The van der Waals surface area contributed by atoms with Gasteiger partial charge in [0.2, 0.25) is 0 Å². The second-order valence-corrected chi connectivity index (χ2v) is 7.43. The van der Waals surface area contributed by atoms with Crippen molar-refractivity contribution >= 4 is 18.1 Å². The normalized spacial score (nSPS) is 10.6. The summed E-state index contributed by atoms with van der Waals surface area (Å²) in [7, 11) is 0. The molecule has 0 spiro atoms. The lowest BCUT2D eigenvalue weighted by Crippen LogP contribution is -2.19. The number of benzene rings is 2. The minimum atomic E-state index is -1.43. The number of hydrogen-bond donors (Lipinski definition) is 0. The van der Waals surface area contributed by atoms with Crippen LogP contribution in [0.1, 0.15) is 48.4 Å². The molecule has 0 heterocycles. The number of rotatable bonds is 8. The lowest BCUT2D eigenvalue weighted by molar-refractivity contribution is 0.0333. The van der Waals surface area contributed by atoms with Crippen LogP contribution < -0.4 is 9.47 Å². The van der Waals surface area contributed by atoms with Crippen LogP contribution in [0, 0.1) is 11.8 Å². The molecular formula is C23H26O7. The van der Waals surface area contributed by atoms with Crippen molar-refractivity contribution in [2.75, 3.05) is 13.2 Å². The number of para-hydroxylation sites is 2. The first-order valence-electron chi connectivity index (χ1n) is 9.70. The second kappa shape index (κ2) is 11.0. The van der Waals surface area contributed by atoms with Gasteiger partial charge in [-0.2, -0.15) is 0 Å². The summed E-state index contributed by atoms with van der Waals surface area (Å²) >= 11 is 0. The molecule has 0 saturated carbocycles. The summed E-state index contributed by atoms with van der Waals surface area (Å²) in [5.41, 5.74) is 0.117. The van der Waals surface area contributed by atoms with E-state index in [1.54, 1.807) is 36.4 Å². The van der Waals surface area contributed by atoms with Crippen molar-refractivity contribution < 1.29 is 33.3 Å². The van der Waals surface area contributed by atoms with Crippen molar-refractivity contribution in [2.45, 2.75) is 27.7 Å². The molecule has 0 N–H and O–H groups in total. The molecule has 0 fully saturated rings. The van der Waals surface area contributed by atoms with Crippen LogP contribution in [0.4, 0.5) is 4.79 Å². The molecule has 2 aromatic rings. The van der Waals surface area contributed by atoms with Gasteiger partial charge >= 0.3 is 18.1 Å². The molecule has 0 aliphatic rings. The van der Waals surface area contributed by atoms with Crippen molar-refractivity contribution in [2.24, 2.45) is 11.8 Å². The van der Waals surface area contributed by atoms with Crippen LogP contribution >= 0.6 is 0 Å². The fourth-order valence-corrected chi connectivity index (χ4v) is 2.32. The predicted octanol–water partition coefficient (Wildman–Crippen LogP) is 4.89. The summed E-state index contributed by atoms with van der Waals surface area (Å²) in [6.45, 7) is 8.64. The molecule has 0 aliphatic heterocycles. The molecule has 30 heavy (non-hydrogen) atoms. The Morgan fingerprint density at radius 1 is 0.667 bits per heavy atom. The highest BCUT2D eigenvalue weighted by Gasteiger charge is 2.23. The largest absolute Gasteiger partial charge is 0.524 e. The maximum absolute atomic E-state index is 12.3. The third-order valence-electron chi connectivity index (χ3n) is 3.71. The number of carbonyl (C=O) groups excluding carboxylic acids is 3. The van der Waals surface area contributed by atoms with Gasteiger partial charge in [0.05, 0.1) is 13.2 Å². The molecule has 0 aliphatic carbocycles. The van der Waals surface area contributed by atoms with Gasteiger partial charge in [-0.15, -0.1) is 0 Å². The van der Waals surface area contributed by atoms with Crippen molar-refractivity contribution in [1.82, 2.24) is 0 Å². The first kappa shape index (κ1) is 22.9. The predicted molar refractivity (Wildman–Crippen MR) is 110 cm³/mol. The summed E-state index contributed by atoms with van der Waals surface area (Å²) in [5, 5.41) is 0. The van der Waals surface area contributed by atoms with Crippen LogP contribution in [-0.2, 0) is 9.47 Å². The summed E-state index contributed by atoms with van der Waals surface area (Å²) < 4.78 is 20.5. The quantitative estimate of drug-likeness (QED) is 0.449. The lowest BCUT2D eigenvalue weighted by atomic mass is 10.2. The van der Waals surface area contributed by atoms with E-state index >= 15 is 0 Å². The van der Waals surface area contributed by atoms with Crippen LogP contribution in [-0.4, -0.2) is 31.3 Å². The molecule has 7 nitrogen and oxygen atoms in total. The number of carbonyl (C=O) groups is 3. The van der Waals surface area contributed by atoms with E-state index in [1.165, 1.54) is 12.1 Å². The van der Waals surface area contributed by atoms with Crippen LogP contribution in [0.5, 0.6) is 11.5 Å². The zero-order chi connectivity index (χ0) is 22.1. The molecule has 0 unspecified atom stereocenters. The summed E-state index contributed by atoms with van der Waals surface area (Å²) in [5.74, 6) is -0.900. The third kappa shape index (κ3) is 6.92. The lowest BCUT2D eigenvalue weighted by Gasteiger charge is -2.13. The van der Waals surface area contributed by atoms with Gasteiger partial charge in [0.1, 0.15) is 22.6 Å². The molecule has 0 saturated heterocycles. The van der Waals surface area contributed by atoms with Crippen molar-refractivity contribution in [3.8, 4) is 11.5 Å². The van der Waals surface area contributed by atoms with Gasteiger partial charge in [-0.3, -0.25) is 0 Å². The Balaban J connectivity index is 2.03. The molecule has 0 atom stereocenters. The van der Waals surface area contributed by atoms with Crippen LogP contribution in [0.15, 0.2) is 48.5 Å². The van der Waals surface area contributed by atoms with Gasteiger partial charge in [-0.25, -0.2) is 14.4 Å². The summed E-state index contributed by atoms with van der Waals surface area (Å²) in [4.78, 5) is 36.7. The first-order valence-corrected chi connectivity index (χ1v) is 9.70. The molecule has 2 rings (SSSR count). The van der Waals surface area contributed by atoms with E-state index < -0.39 is 18.1 Å². The number of esters is 2. The monoisotopic (exact) mass is 414 g/mol. The molecular weight excluding hydrogens is 388 g/mol. The van der Waals surface area contributed by atoms with Gasteiger partial charge in [0.15, 0.2) is 0 Å². The fraction of sp³-hybridized carbons (Fsp3) is 0.348. The van der Waals surface area contributed by atoms with Crippen molar-refractivity contribution in [3.63, 3.8) is 0 Å². The van der Waals surface area contributed by atoms with E-state index in [9.17, 15) is 14.4 Å². The Labute approximate surface area is 175 Å². The van der Waals surface area contributed by atoms with E-state index in [1.807, 2.05) is 27.7 Å². The maximum atomic E-state index is 12.3. The minimum absolute atomic E-state index is 0.0585. The second-order valence-electron chi connectivity index (χ2n) is 7.43. The zero-order valence-electron chi connectivity index (χ0n) is 17.5. The van der Waals surface area contributed by atoms with E-state index in [4.69, 9.17) is 9.47 Å². The zero-order valence-corrected chi connectivity index (χ0v) is 17.5. The number of ether oxygens (including phenoxy) is 4. The highest BCUT2D eigenvalue weighted by atomic mass is 16.8. The fourth-order valence-electron chi connectivity index (χ4n) is 2.32. The molecule has 160 valence electrons. The molecule has 0 radical (unpaired) electrons. The standard InChI is InChI=1S/C23H26O7/c1-15(2)13-27-19-11-7-5-9-17(19)21(24)29-23(26)30-22(25)18-10-6-8-12-20(18)28-14-16(3)4/h5-12,15-16H,13-14H2,1-4H3. The summed E-state index contributed by atoms with van der Waals surface area (Å²) in [6, 6.07) is 12.7. The van der Waals surface area contributed by atoms with Crippen molar-refractivity contribution in [3.05, 3.63) is 59.7 Å². The van der Waals surface area contributed by atoms with Gasteiger partial charge < -0.3 is 18.9 Å². The van der Waals surface area contributed by atoms with Gasteiger partial charge in [0.25, 0.3) is 0 Å². The molecule has 0 aromatic heterocycles. The Kier molecular flexibility index (Phi) is 8.41. The summed E-state index contributed by atoms with van der Waals surface area (Å²) in [6.07, 6.45) is -1.43. The van der Waals surface area contributed by atoms with Gasteiger partial charge in [-0.1, -0.05) is 52.0 Å². The molecule has 0 bridgehead atoms. The molecule has 7 heteroatoms. The Bertz CT molecular complexity index is 815. The van der Waals surface area contributed by atoms with Crippen molar-refractivity contribution in [1.29, 1.82) is 0 Å². The van der Waals surface area contributed by atoms with Crippen LogP contribution in [0.25, 0.3) is 0 Å². The van der Waals surface area contributed by atoms with E-state index in [2.05, 4.69) is 9.47 Å². The SMILES string of the molecule is CC(C)COc1ccccc1C(=O)OC(=O)OC(=O)c1ccccc1OCC(C)C. The van der Waals surface area contributed by atoms with E-state index in [-0.39, 0.29) is 34.5 Å².